The summed E-state index contributed by atoms with van der Waals surface area (Å²) in [7, 11) is 0. The topological polar surface area (TPSA) is 34.0 Å². The van der Waals surface area contributed by atoms with Crippen molar-refractivity contribution in [2.45, 2.75) is 59.5 Å². The molecule has 1 aliphatic heterocycles. The third-order valence-electron chi connectivity index (χ3n) is 4.98. The molecule has 2 aromatic rings. The molecule has 0 aromatic carbocycles. The summed E-state index contributed by atoms with van der Waals surface area (Å²) in [6.07, 6.45) is 5.55. The van der Waals surface area contributed by atoms with E-state index in [1.54, 1.807) is 0 Å². The Bertz CT molecular complexity index is 636. The molecule has 0 atom stereocenters. The van der Waals surface area contributed by atoms with Crippen molar-refractivity contribution in [2.24, 2.45) is 11.8 Å². The monoisotopic (exact) mass is 314 g/mol. The number of fused-ring (bicyclic) bond motifs is 1. The lowest BCUT2D eigenvalue weighted by molar-refractivity contribution is 0.148. The van der Waals surface area contributed by atoms with E-state index < -0.39 is 0 Å². The third kappa shape index (κ3) is 3.74. The minimum Gasteiger partial charge on any atom is -0.312 e. The van der Waals surface area contributed by atoms with Crippen LogP contribution in [-0.4, -0.2) is 38.6 Å². The molecule has 4 heteroatoms. The zero-order chi connectivity index (χ0) is 16.4. The molecule has 4 nitrogen and oxygen atoms in total. The molecule has 0 radical (unpaired) electrons. The van der Waals surface area contributed by atoms with Crippen LogP contribution in [0.5, 0.6) is 0 Å². The maximum absolute atomic E-state index is 4.90. The summed E-state index contributed by atoms with van der Waals surface area (Å²) in [6.45, 7) is 12.6. The van der Waals surface area contributed by atoms with E-state index >= 15 is 0 Å². The lowest BCUT2D eigenvalue weighted by Crippen LogP contribution is -2.39. The van der Waals surface area contributed by atoms with Gasteiger partial charge in [0.15, 0.2) is 5.65 Å². The van der Waals surface area contributed by atoms with Crippen LogP contribution in [-0.2, 0) is 13.0 Å². The second kappa shape index (κ2) is 7.00. The van der Waals surface area contributed by atoms with E-state index in [1.807, 2.05) is 12.3 Å². The number of pyridine rings is 1. The maximum Gasteiger partial charge on any atom is 0.159 e. The van der Waals surface area contributed by atoms with Gasteiger partial charge in [0.1, 0.15) is 11.3 Å². The Morgan fingerprint density at radius 3 is 2.57 bits per heavy atom. The number of hydrogen-bond donors (Lipinski definition) is 0. The van der Waals surface area contributed by atoms with Crippen LogP contribution in [0.1, 0.15) is 46.4 Å². The van der Waals surface area contributed by atoms with Gasteiger partial charge >= 0.3 is 0 Å². The van der Waals surface area contributed by atoms with Crippen LogP contribution in [0, 0.1) is 11.8 Å². The summed E-state index contributed by atoms with van der Waals surface area (Å²) in [4.78, 5) is 12.1. The van der Waals surface area contributed by atoms with Crippen LogP contribution < -0.4 is 0 Å². The first kappa shape index (κ1) is 16.4. The van der Waals surface area contributed by atoms with Crippen molar-refractivity contribution in [1.29, 1.82) is 0 Å². The van der Waals surface area contributed by atoms with Gasteiger partial charge in [0, 0.05) is 25.2 Å². The van der Waals surface area contributed by atoms with Crippen molar-refractivity contribution < 1.29 is 0 Å². The molecule has 126 valence electrons. The number of hydrogen-bond acceptors (Lipinski definition) is 3. The molecule has 0 bridgehead atoms. The van der Waals surface area contributed by atoms with Crippen molar-refractivity contribution in [1.82, 2.24) is 19.4 Å². The molecule has 3 rings (SSSR count). The fourth-order valence-corrected chi connectivity index (χ4v) is 3.65. The van der Waals surface area contributed by atoms with E-state index in [2.05, 4.69) is 48.2 Å². The summed E-state index contributed by atoms with van der Waals surface area (Å²) >= 11 is 0. The average Bonchev–Trinajstić information content (AvgIpc) is 2.85. The number of aromatic nitrogens is 3. The number of imidazole rings is 1. The van der Waals surface area contributed by atoms with Crippen LogP contribution >= 0.6 is 0 Å². The second-order valence-corrected chi connectivity index (χ2v) is 7.66. The zero-order valence-corrected chi connectivity index (χ0v) is 15.0. The Labute approximate surface area is 139 Å². The molecule has 2 aromatic heterocycles. The molecule has 0 N–H and O–H groups in total. The summed E-state index contributed by atoms with van der Waals surface area (Å²) in [5, 5.41) is 0. The summed E-state index contributed by atoms with van der Waals surface area (Å²) in [5.41, 5.74) is 2.10. The second-order valence-electron chi connectivity index (χ2n) is 7.66. The Balaban J connectivity index is 1.77. The third-order valence-corrected chi connectivity index (χ3v) is 4.98. The van der Waals surface area contributed by atoms with Gasteiger partial charge in [0.2, 0.25) is 0 Å². The van der Waals surface area contributed by atoms with Gasteiger partial charge in [-0.25, -0.2) is 9.97 Å². The molecule has 0 unspecified atom stereocenters. The molecule has 1 aliphatic rings. The van der Waals surface area contributed by atoms with Crippen molar-refractivity contribution >= 4 is 11.2 Å². The van der Waals surface area contributed by atoms with Gasteiger partial charge in [-0.2, -0.15) is 0 Å². The normalized spacial score (nSPS) is 17.7. The van der Waals surface area contributed by atoms with Crippen molar-refractivity contribution in [2.75, 3.05) is 13.1 Å². The van der Waals surface area contributed by atoms with Gasteiger partial charge in [0.25, 0.3) is 0 Å². The molecule has 1 saturated heterocycles. The molecule has 23 heavy (non-hydrogen) atoms. The Hall–Kier alpha value is -1.42. The number of likely N-dealkylation sites (tertiary alicyclic amines) is 1. The van der Waals surface area contributed by atoms with Crippen molar-refractivity contribution in [3.8, 4) is 0 Å². The van der Waals surface area contributed by atoms with Crippen LogP contribution in [0.4, 0.5) is 0 Å². The van der Waals surface area contributed by atoms with Gasteiger partial charge in [-0.05, 0) is 63.7 Å². The predicted molar refractivity (Wildman–Crippen MR) is 95.5 cm³/mol. The molecule has 1 fully saturated rings. The first-order valence-electron chi connectivity index (χ1n) is 9.08. The minimum absolute atomic E-state index is 0.607. The molecule has 3 heterocycles. The van der Waals surface area contributed by atoms with Gasteiger partial charge in [-0.15, -0.1) is 0 Å². The van der Waals surface area contributed by atoms with E-state index in [1.165, 1.54) is 31.8 Å². The Morgan fingerprint density at radius 2 is 1.91 bits per heavy atom. The molecular weight excluding hydrogens is 284 g/mol. The van der Waals surface area contributed by atoms with Gasteiger partial charge in [-0.3, -0.25) is 0 Å². The highest BCUT2D eigenvalue weighted by Crippen LogP contribution is 2.25. The minimum atomic E-state index is 0.607. The molecular formula is C19H30N4. The van der Waals surface area contributed by atoms with E-state index in [0.29, 0.717) is 12.0 Å². The first-order valence-corrected chi connectivity index (χ1v) is 9.08. The van der Waals surface area contributed by atoms with Crippen molar-refractivity contribution in [3.63, 3.8) is 0 Å². The van der Waals surface area contributed by atoms with E-state index in [0.717, 1.165) is 30.0 Å². The molecule has 0 spiro atoms. The smallest absolute Gasteiger partial charge is 0.159 e. The number of nitrogens with zero attached hydrogens (tertiary/aromatic N) is 4. The fourth-order valence-electron chi connectivity index (χ4n) is 3.65. The summed E-state index contributed by atoms with van der Waals surface area (Å²) in [5.74, 6) is 2.60. The van der Waals surface area contributed by atoms with Crippen LogP contribution in [0.2, 0.25) is 0 Å². The standard InChI is InChI=1S/C19H30N4/c1-14(2)13-23-18(21-17-6-5-9-20-19(17)23)12-16-7-10-22(11-8-16)15(3)4/h5-6,9,14-16H,7-8,10-13H2,1-4H3. The van der Waals surface area contributed by atoms with E-state index in [9.17, 15) is 0 Å². The van der Waals surface area contributed by atoms with Gasteiger partial charge in [0.05, 0.1) is 0 Å². The zero-order valence-electron chi connectivity index (χ0n) is 15.0. The quantitative estimate of drug-likeness (QED) is 0.843. The Morgan fingerprint density at radius 1 is 1.17 bits per heavy atom. The highest BCUT2D eigenvalue weighted by Gasteiger charge is 2.23. The van der Waals surface area contributed by atoms with Crippen LogP contribution in [0.3, 0.4) is 0 Å². The molecule has 0 amide bonds. The SMILES string of the molecule is CC(C)Cn1c(CC2CCN(C(C)C)CC2)nc2cccnc21. The fraction of sp³-hybridized carbons (Fsp3) is 0.684. The van der Waals surface area contributed by atoms with E-state index in [-0.39, 0.29) is 0 Å². The van der Waals surface area contributed by atoms with Gasteiger partial charge < -0.3 is 9.47 Å². The summed E-state index contributed by atoms with van der Waals surface area (Å²) < 4.78 is 2.36. The van der Waals surface area contributed by atoms with Crippen LogP contribution in [0.15, 0.2) is 18.3 Å². The van der Waals surface area contributed by atoms with Crippen LogP contribution in [0.25, 0.3) is 11.2 Å². The predicted octanol–water partition coefficient (Wildman–Crippen LogP) is 3.75. The Kier molecular flexibility index (Phi) is 5.00. The van der Waals surface area contributed by atoms with E-state index in [4.69, 9.17) is 4.98 Å². The summed E-state index contributed by atoms with van der Waals surface area (Å²) in [6, 6.07) is 4.75. The largest absolute Gasteiger partial charge is 0.312 e. The lowest BCUT2D eigenvalue weighted by Gasteiger charge is -2.34. The molecule has 0 aliphatic carbocycles. The lowest BCUT2D eigenvalue weighted by atomic mass is 9.92. The molecule has 0 saturated carbocycles. The first-order chi connectivity index (χ1) is 11.0. The average molecular weight is 314 g/mol. The van der Waals surface area contributed by atoms with Gasteiger partial charge in [-0.1, -0.05) is 13.8 Å². The highest BCUT2D eigenvalue weighted by atomic mass is 15.2. The highest BCUT2D eigenvalue weighted by molar-refractivity contribution is 5.71. The number of rotatable bonds is 5. The number of piperidine rings is 1. The maximum atomic E-state index is 4.90. The van der Waals surface area contributed by atoms with Crippen molar-refractivity contribution in [3.05, 3.63) is 24.2 Å².